The van der Waals surface area contributed by atoms with E-state index >= 15 is 0 Å². The quantitative estimate of drug-likeness (QED) is 0.865. The van der Waals surface area contributed by atoms with Crippen LogP contribution in [0.2, 0.25) is 0 Å². The van der Waals surface area contributed by atoms with Crippen molar-refractivity contribution in [3.8, 4) is 0 Å². The van der Waals surface area contributed by atoms with Gasteiger partial charge in [-0.3, -0.25) is 10.2 Å². The van der Waals surface area contributed by atoms with Crippen LogP contribution in [0.1, 0.15) is 43.5 Å². The van der Waals surface area contributed by atoms with E-state index in [2.05, 4.69) is 32.5 Å². The van der Waals surface area contributed by atoms with Crippen molar-refractivity contribution in [1.82, 2.24) is 20.4 Å². The van der Waals surface area contributed by atoms with Crippen molar-refractivity contribution in [2.45, 2.75) is 44.9 Å². The largest absolute Gasteiger partial charge is 0.283 e. The van der Waals surface area contributed by atoms with E-state index in [9.17, 15) is 0 Å². The maximum Gasteiger partial charge on any atom is 0.0490 e. The second kappa shape index (κ2) is 6.04. The first kappa shape index (κ1) is 12.5. The lowest BCUT2D eigenvalue weighted by molar-refractivity contribution is 0.242. The number of hydrogen-bond donors (Lipinski definition) is 2. The minimum Gasteiger partial charge on any atom is -0.283 e. The molecule has 2 heterocycles. The van der Waals surface area contributed by atoms with Crippen LogP contribution in [0.25, 0.3) is 0 Å². The molecule has 0 radical (unpaired) electrons. The van der Waals surface area contributed by atoms with Crippen molar-refractivity contribution in [2.24, 2.45) is 11.8 Å². The Hall–Kier alpha value is -1.58. The lowest BCUT2D eigenvalue weighted by Crippen LogP contribution is -2.22. The summed E-state index contributed by atoms with van der Waals surface area (Å²) in [5.41, 5.74) is 2.52. The molecular weight excluding hydrogens is 236 g/mol. The van der Waals surface area contributed by atoms with Gasteiger partial charge in [0.2, 0.25) is 0 Å². The Morgan fingerprint density at radius 2 is 1.53 bits per heavy atom. The normalized spacial score (nSPS) is 17.1. The van der Waals surface area contributed by atoms with Gasteiger partial charge in [0.05, 0.1) is 0 Å². The number of nitrogens with one attached hydrogen (secondary N) is 2. The zero-order valence-electron chi connectivity index (χ0n) is 11.3. The Bertz CT molecular complexity index is 418. The number of aromatic amines is 2. The Morgan fingerprint density at radius 1 is 0.947 bits per heavy atom. The van der Waals surface area contributed by atoms with Crippen LogP contribution in [0.5, 0.6) is 0 Å². The summed E-state index contributed by atoms with van der Waals surface area (Å²) in [6, 6.07) is 4.20. The molecule has 1 fully saturated rings. The highest BCUT2D eigenvalue weighted by atomic mass is 15.1. The fourth-order valence-corrected chi connectivity index (χ4v) is 3.37. The smallest absolute Gasteiger partial charge is 0.0490 e. The molecule has 0 aliphatic heterocycles. The highest BCUT2D eigenvalue weighted by molar-refractivity contribution is 5.04. The van der Waals surface area contributed by atoms with Crippen molar-refractivity contribution in [1.29, 1.82) is 0 Å². The van der Waals surface area contributed by atoms with Crippen molar-refractivity contribution >= 4 is 0 Å². The van der Waals surface area contributed by atoms with E-state index < -0.39 is 0 Å². The van der Waals surface area contributed by atoms with E-state index in [1.54, 1.807) is 0 Å². The fraction of sp³-hybridized carbons (Fsp3) is 0.600. The number of rotatable bonds is 5. The van der Waals surface area contributed by atoms with Crippen molar-refractivity contribution in [2.75, 3.05) is 0 Å². The zero-order chi connectivity index (χ0) is 12.9. The highest BCUT2D eigenvalue weighted by Gasteiger charge is 2.24. The van der Waals surface area contributed by atoms with Crippen LogP contribution in [0.15, 0.2) is 24.5 Å². The maximum absolute atomic E-state index is 4.07. The average molecular weight is 258 g/mol. The Balaban J connectivity index is 1.70. The Morgan fingerprint density at radius 3 is 2.00 bits per heavy atom. The maximum atomic E-state index is 4.07. The van der Waals surface area contributed by atoms with E-state index in [0.29, 0.717) is 5.92 Å². The molecule has 0 bridgehead atoms. The summed E-state index contributed by atoms with van der Waals surface area (Å²) in [6.45, 7) is 0. The van der Waals surface area contributed by atoms with Crippen LogP contribution >= 0.6 is 0 Å². The monoisotopic (exact) mass is 258 g/mol. The van der Waals surface area contributed by atoms with E-state index in [0.717, 1.165) is 18.8 Å². The molecule has 4 nitrogen and oxygen atoms in total. The van der Waals surface area contributed by atoms with Gasteiger partial charge in [-0.15, -0.1) is 0 Å². The molecule has 1 aliphatic carbocycles. The van der Waals surface area contributed by atoms with Gasteiger partial charge in [0.15, 0.2) is 0 Å². The Labute approximate surface area is 114 Å². The molecule has 0 atom stereocenters. The van der Waals surface area contributed by atoms with Gasteiger partial charge in [-0.1, -0.05) is 32.1 Å². The molecule has 1 saturated carbocycles. The molecule has 2 aromatic heterocycles. The summed E-state index contributed by atoms with van der Waals surface area (Å²) in [5.74, 6) is 1.54. The Kier molecular flexibility index (Phi) is 3.96. The topological polar surface area (TPSA) is 57.4 Å². The number of hydrogen-bond acceptors (Lipinski definition) is 2. The van der Waals surface area contributed by atoms with Crippen LogP contribution < -0.4 is 0 Å². The molecule has 0 saturated heterocycles. The standard InChI is InChI=1S/C15H22N4/c1-2-4-12(5-3-1)13(10-14-6-8-16-18-14)11-15-7-9-17-19-15/h6-9,12-13H,1-5,10-11H2,(H,16,18)(H,17,19). The van der Waals surface area contributed by atoms with Gasteiger partial charge in [0.1, 0.15) is 0 Å². The van der Waals surface area contributed by atoms with Crippen LogP contribution in [0, 0.1) is 11.8 Å². The minimum atomic E-state index is 0.696. The number of aromatic nitrogens is 4. The van der Waals surface area contributed by atoms with Crippen molar-refractivity contribution in [3.63, 3.8) is 0 Å². The molecule has 0 spiro atoms. The second-order valence-corrected chi connectivity index (χ2v) is 5.73. The molecule has 3 rings (SSSR count). The number of H-pyrrole nitrogens is 2. The van der Waals surface area contributed by atoms with E-state index in [-0.39, 0.29) is 0 Å². The summed E-state index contributed by atoms with van der Waals surface area (Å²) in [4.78, 5) is 0. The first-order valence-electron chi connectivity index (χ1n) is 7.38. The molecule has 0 aromatic carbocycles. The third-order valence-corrected chi connectivity index (χ3v) is 4.40. The molecular formula is C15H22N4. The SMILES string of the molecule is c1cc(CC(Cc2ccn[nH]2)C2CCCCC2)[nH]n1. The average Bonchev–Trinajstić information content (AvgIpc) is 3.12. The zero-order valence-corrected chi connectivity index (χ0v) is 11.3. The van der Waals surface area contributed by atoms with Gasteiger partial charge < -0.3 is 0 Å². The van der Waals surface area contributed by atoms with E-state index in [1.807, 2.05) is 12.4 Å². The van der Waals surface area contributed by atoms with Crippen LogP contribution in [-0.2, 0) is 12.8 Å². The van der Waals surface area contributed by atoms with Crippen LogP contribution in [-0.4, -0.2) is 20.4 Å². The summed E-state index contributed by atoms with van der Waals surface area (Å²) in [6.07, 6.45) is 12.9. The van der Waals surface area contributed by atoms with Crippen molar-refractivity contribution < 1.29 is 0 Å². The second-order valence-electron chi connectivity index (χ2n) is 5.73. The van der Waals surface area contributed by atoms with Gasteiger partial charge in [0, 0.05) is 23.8 Å². The lowest BCUT2D eigenvalue weighted by atomic mass is 9.76. The van der Waals surface area contributed by atoms with E-state index in [4.69, 9.17) is 0 Å². The number of nitrogens with zero attached hydrogens (tertiary/aromatic N) is 2. The third kappa shape index (κ3) is 3.25. The summed E-state index contributed by atoms with van der Waals surface area (Å²) in [7, 11) is 0. The highest BCUT2D eigenvalue weighted by Crippen LogP contribution is 2.33. The predicted molar refractivity (Wildman–Crippen MR) is 74.6 cm³/mol. The molecule has 0 unspecified atom stereocenters. The first-order valence-corrected chi connectivity index (χ1v) is 7.38. The lowest BCUT2D eigenvalue weighted by Gasteiger charge is -2.29. The van der Waals surface area contributed by atoms with Crippen molar-refractivity contribution in [3.05, 3.63) is 35.9 Å². The van der Waals surface area contributed by atoms with Gasteiger partial charge in [0.25, 0.3) is 0 Å². The van der Waals surface area contributed by atoms with Gasteiger partial charge in [-0.05, 0) is 36.8 Å². The molecule has 1 aliphatic rings. The summed E-state index contributed by atoms with van der Waals surface area (Å²) in [5, 5.41) is 14.4. The summed E-state index contributed by atoms with van der Waals surface area (Å²) < 4.78 is 0. The molecule has 0 amide bonds. The van der Waals surface area contributed by atoms with E-state index in [1.165, 1.54) is 43.5 Å². The predicted octanol–water partition coefficient (Wildman–Crippen LogP) is 3.11. The van der Waals surface area contributed by atoms with Gasteiger partial charge in [-0.2, -0.15) is 10.2 Å². The van der Waals surface area contributed by atoms with Crippen LogP contribution in [0.3, 0.4) is 0 Å². The third-order valence-electron chi connectivity index (χ3n) is 4.40. The molecule has 2 N–H and O–H groups in total. The van der Waals surface area contributed by atoms with Gasteiger partial charge in [-0.25, -0.2) is 0 Å². The first-order chi connectivity index (χ1) is 9.42. The molecule has 19 heavy (non-hydrogen) atoms. The van der Waals surface area contributed by atoms with Gasteiger partial charge >= 0.3 is 0 Å². The molecule has 4 heteroatoms. The molecule has 102 valence electrons. The molecule has 2 aromatic rings. The van der Waals surface area contributed by atoms with Crippen LogP contribution in [0.4, 0.5) is 0 Å². The minimum absolute atomic E-state index is 0.696. The fourth-order valence-electron chi connectivity index (χ4n) is 3.37. The summed E-state index contributed by atoms with van der Waals surface area (Å²) >= 11 is 0.